The Labute approximate surface area is 154 Å². The van der Waals surface area contributed by atoms with Crippen LogP contribution in [0.5, 0.6) is 0 Å². The molecule has 0 aromatic heterocycles. The topological polar surface area (TPSA) is 66.5 Å². The van der Waals surface area contributed by atoms with E-state index in [9.17, 15) is 13.2 Å². The lowest BCUT2D eigenvalue weighted by atomic mass is 10.2. The monoisotopic (exact) mass is 382 g/mol. The highest BCUT2D eigenvalue weighted by Crippen LogP contribution is 2.29. The Balaban J connectivity index is 1.61. The van der Waals surface area contributed by atoms with E-state index in [0.29, 0.717) is 29.8 Å². The third kappa shape index (κ3) is 4.99. The second-order valence-corrected chi connectivity index (χ2v) is 9.98. The molecule has 1 aromatic carbocycles. The van der Waals surface area contributed by atoms with E-state index in [1.54, 1.807) is 40.3 Å². The lowest BCUT2D eigenvalue weighted by Crippen LogP contribution is -2.35. The van der Waals surface area contributed by atoms with Gasteiger partial charge in [0.1, 0.15) is 0 Å². The predicted molar refractivity (Wildman–Crippen MR) is 102 cm³/mol. The van der Waals surface area contributed by atoms with Gasteiger partial charge in [-0.15, -0.1) is 11.8 Å². The molecule has 1 saturated carbocycles. The minimum absolute atomic E-state index is 0.0654. The quantitative estimate of drug-likeness (QED) is 0.818. The van der Waals surface area contributed by atoms with Crippen molar-refractivity contribution in [2.24, 2.45) is 0 Å². The maximum atomic E-state index is 12.7. The Bertz CT molecular complexity index is 694. The van der Waals surface area contributed by atoms with Crippen molar-refractivity contribution in [3.05, 3.63) is 24.3 Å². The molecule has 0 atom stereocenters. The Kier molecular flexibility index (Phi) is 6.41. The Morgan fingerprint density at radius 2 is 1.84 bits per heavy atom. The summed E-state index contributed by atoms with van der Waals surface area (Å²) in [5.74, 6) is 0.359. The molecule has 2 fully saturated rings. The average Bonchev–Trinajstić information content (AvgIpc) is 3.14. The lowest BCUT2D eigenvalue weighted by Gasteiger charge is -2.26. The van der Waals surface area contributed by atoms with Crippen LogP contribution in [-0.4, -0.2) is 42.7 Å². The molecular weight excluding hydrogens is 356 g/mol. The van der Waals surface area contributed by atoms with Crippen LogP contribution >= 0.6 is 11.8 Å². The van der Waals surface area contributed by atoms with Gasteiger partial charge in [-0.25, -0.2) is 8.42 Å². The number of rotatable bonds is 6. The van der Waals surface area contributed by atoms with Gasteiger partial charge in [-0.2, -0.15) is 4.31 Å². The maximum Gasteiger partial charge on any atom is 0.243 e. The number of piperidine rings is 1. The SMILES string of the molecule is O=C(CSC1CCCC1)Nc1cccc(S(=O)(=O)N2CCCCC2)c1. The number of nitrogens with zero attached hydrogens (tertiary/aromatic N) is 1. The molecule has 1 heterocycles. The third-order valence-corrected chi connectivity index (χ3v) is 8.09. The van der Waals surface area contributed by atoms with Gasteiger partial charge < -0.3 is 5.32 Å². The molecule has 0 radical (unpaired) electrons. The number of hydrogen-bond acceptors (Lipinski definition) is 4. The first-order chi connectivity index (χ1) is 12.1. The summed E-state index contributed by atoms with van der Waals surface area (Å²) in [6.07, 6.45) is 7.82. The maximum absolute atomic E-state index is 12.7. The average molecular weight is 383 g/mol. The summed E-state index contributed by atoms with van der Waals surface area (Å²) in [6.45, 7) is 1.16. The summed E-state index contributed by atoms with van der Waals surface area (Å²) >= 11 is 1.71. The van der Waals surface area contributed by atoms with E-state index in [1.807, 2.05) is 0 Å². The van der Waals surface area contributed by atoms with Crippen molar-refractivity contribution in [2.75, 3.05) is 24.2 Å². The largest absolute Gasteiger partial charge is 0.325 e. The fraction of sp³-hybridized carbons (Fsp3) is 0.611. The van der Waals surface area contributed by atoms with E-state index in [0.717, 1.165) is 19.3 Å². The molecule has 138 valence electrons. The smallest absolute Gasteiger partial charge is 0.243 e. The van der Waals surface area contributed by atoms with Gasteiger partial charge in [-0.1, -0.05) is 25.3 Å². The number of amides is 1. The molecule has 7 heteroatoms. The molecule has 0 bridgehead atoms. The lowest BCUT2D eigenvalue weighted by molar-refractivity contribution is -0.113. The Morgan fingerprint density at radius 3 is 2.56 bits per heavy atom. The highest BCUT2D eigenvalue weighted by atomic mass is 32.2. The molecule has 0 spiro atoms. The van der Waals surface area contributed by atoms with Crippen molar-refractivity contribution in [1.29, 1.82) is 0 Å². The van der Waals surface area contributed by atoms with E-state index in [-0.39, 0.29) is 10.8 Å². The summed E-state index contributed by atoms with van der Waals surface area (Å²) in [7, 11) is -3.47. The molecule has 1 aromatic rings. The van der Waals surface area contributed by atoms with Crippen LogP contribution in [0, 0.1) is 0 Å². The molecule has 25 heavy (non-hydrogen) atoms. The zero-order valence-electron chi connectivity index (χ0n) is 14.4. The minimum Gasteiger partial charge on any atom is -0.325 e. The fourth-order valence-corrected chi connectivity index (χ4v) is 6.12. The molecule has 1 N–H and O–H groups in total. The number of thioether (sulfide) groups is 1. The number of hydrogen-bond donors (Lipinski definition) is 1. The molecular formula is C18H26N2O3S2. The zero-order chi connectivity index (χ0) is 17.7. The summed E-state index contributed by atoms with van der Waals surface area (Å²) < 4.78 is 27.0. The normalized spacial score (nSPS) is 19.8. The van der Waals surface area contributed by atoms with E-state index < -0.39 is 10.0 Å². The molecule has 1 saturated heterocycles. The van der Waals surface area contributed by atoms with E-state index >= 15 is 0 Å². The summed E-state index contributed by atoms with van der Waals surface area (Å²) in [4.78, 5) is 12.4. The van der Waals surface area contributed by atoms with Crippen LogP contribution in [0.25, 0.3) is 0 Å². The summed E-state index contributed by atoms with van der Waals surface area (Å²) in [5.41, 5.74) is 0.551. The molecule has 3 rings (SSSR count). The second-order valence-electron chi connectivity index (χ2n) is 6.76. The van der Waals surface area contributed by atoms with Gasteiger partial charge in [0.05, 0.1) is 10.6 Å². The summed E-state index contributed by atoms with van der Waals surface area (Å²) in [5, 5.41) is 3.43. The second kappa shape index (κ2) is 8.56. The number of carbonyl (C=O) groups is 1. The number of nitrogens with one attached hydrogen (secondary N) is 1. The van der Waals surface area contributed by atoms with E-state index in [1.165, 1.54) is 25.7 Å². The summed E-state index contributed by atoms with van der Waals surface area (Å²) in [6, 6.07) is 6.61. The van der Waals surface area contributed by atoms with Gasteiger partial charge in [0, 0.05) is 24.0 Å². The van der Waals surface area contributed by atoms with E-state index in [2.05, 4.69) is 5.32 Å². The molecule has 1 aliphatic carbocycles. The highest BCUT2D eigenvalue weighted by molar-refractivity contribution is 8.00. The van der Waals surface area contributed by atoms with Crippen LogP contribution in [0.1, 0.15) is 44.9 Å². The zero-order valence-corrected chi connectivity index (χ0v) is 16.1. The Morgan fingerprint density at radius 1 is 1.12 bits per heavy atom. The molecule has 0 unspecified atom stereocenters. The molecule has 1 aliphatic heterocycles. The first-order valence-electron chi connectivity index (χ1n) is 9.07. The predicted octanol–water partition coefficient (Wildman–Crippen LogP) is 3.48. The van der Waals surface area contributed by atoms with Crippen molar-refractivity contribution < 1.29 is 13.2 Å². The van der Waals surface area contributed by atoms with Crippen molar-refractivity contribution in [3.8, 4) is 0 Å². The Hall–Kier alpha value is -1.05. The van der Waals surface area contributed by atoms with Crippen molar-refractivity contribution >= 4 is 33.4 Å². The van der Waals surface area contributed by atoms with Crippen LogP contribution in [0.15, 0.2) is 29.2 Å². The van der Waals surface area contributed by atoms with Gasteiger partial charge in [0.2, 0.25) is 15.9 Å². The van der Waals surface area contributed by atoms with E-state index in [4.69, 9.17) is 0 Å². The highest BCUT2D eigenvalue weighted by Gasteiger charge is 2.26. The van der Waals surface area contributed by atoms with Crippen LogP contribution < -0.4 is 5.32 Å². The van der Waals surface area contributed by atoms with Gasteiger partial charge >= 0.3 is 0 Å². The number of benzene rings is 1. The van der Waals surface area contributed by atoms with Crippen molar-refractivity contribution in [3.63, 3.8) is 0 Å². The van der Waals surface area contributed by atoms with Crippen LogP contribution in [0.4, 0.5) is 5.69 Å². The standard InChI is InChI=1S/C18H26N2O3S2/c21-18(14-24-16-8-2-3-9-16)19-15-7-6-10-17(13-15)25(22,23)20-11-4-1-5-12-20/h6-7,10,13,16H,1-5,8-9,11-12,14H2,(H,19,21). The van der Waals surface area contributed by atoms with Gasteiger partial charge in [-0.05, 0) is 43.9 Å². The minimum atomic E-state index is -3.47. The van der Waals surface area contributed by atoms with Gasteiger partial charge in [0.25, 0.3) is 0 Å². The molecule has 5 nitrogen and oxygen atoms in total. The fourth-order valence-electron chi connectivity index (χ4n) is 3.43. The van der Waals surface area contributed by atoms with Crippen LogP contribution in [0.3, 0.4) is 0 Å². The van der Waals surface area contributed by atoms with Crippen molar-refractivity contribution in [1.82, 2.24) is 4.31 Å². The molecule has 2 aliphatic rings. The first kappa shape index (κ1) is 18.7. The number of anilines is 1. The van der Waals surface area contributed by atoms with Gasteiger partial charge in [-0.3, -0.25) is 4.79 Å². The first-order valence-corrected chi connectivity index (χ1v) is 11.6. The van der Waals surface area contributed by atoms with Gasteiger partial charge in [0.15, 0.2) is 0 Å². The van der Waals surface area contributed by atoms with Crippen LogP contribution in [-0.2, 0) is 14.8 Å². The third-order valence-electron chi connectivity index (χ3n) is 4.82. The molecule has 1 amide bonds. The number of carbonyl (C=O) groups excluding carboxylic acids is 1. The van der Waals surface area contributed by atoms with Crippen LogP contribution in [0.2, 0.25) is 0 Å². The number of sulfonamides is 1. The van der Waals surface area contributed by atoms with Crippen molar-refractivity contribution in [2.45, 2.75) is 55.1 Å².